The Morgan fingerprint density at radius 3 is 1.93 bits per heavy atom. The summed E-state index contributed by atoms with van der Waals surface area (Å²) in [6, 6.07) is 0.296. The van der Waals surface area contributed by atoms with E-state index in [2.05, 4.69) is 12.2 Å². The van der Waals surface area contributed by atoms with Gasteiger partial charge in [0.1, 0.15) is 0 Å². The molecule has 15 heavy (non-hydrogen) atoms. The van der Waals surface area contributed by atoms with Crippen molar-refractivity contribution in [2.75, 3.05) is 34.4 Å². The second-order valence-electron chi connectivity index (χ2n) is 3.66. The second kappa shape index (κ2) is 7.32. The molecular weight excluding hydrogens is 212 g/mol. The maximum Gasteiger partial charge on any atom is 0.504 e. The molecule has 5 nitrogen and oxygen atoms in total. The zero-order valence-corrected chi connectivity index (χ0v) is 11.4. The van der Waals surface area contributed by atoms with Gasteiger partial charge in [-0.05, 0) is 6.92 Å². The van der Waals surface area contributed by atoms with E-state index in [1.807, 2.05) is 6.92 Å². The lowest BCUT2D eigenvalue weighted by Crippen LogP contribution is -2.50. The van der Waals surface area contributed by atoms with Crippen molar-refractivity contribution in [3.05, 3.63) is 0 Å². The van der Waals surface area contributed by atoms with Crippen LogP contribution in [0.5, 0.6) is 0 Å². The quantitative estimate of drug-likeness (QED) is 0.589. The summed E-state index contributed by atoms with van der Waals surface area (Å²) < 4.78 is 16.2. The summed E-state index contributed by atoms with van der Waals surface area (Å²) in [5.41, 5.74) is 5.72. The van der Waals surface area contributed by atoms with Crippen molar-refractivity contribution in [2.45, 2.75) is 25.4 Å². The first-order valence-electron chi connectivity index (χ1n) is 5.15. The molecule has 0 rings (SSSR count). The molecule has 0 aliphatic carbocycles. The molecule has 2 unspecified atom stereocenters. The fourth-order valence-corrected chi connectivity index (χ4v) is 3.51. The Bertz CT molecular complexity index is 159. The summed E-state index contributed by atoms with van der Waals surface area (Å²) in [6.45, 7) is 5.50. The molecule has 3 N–H and O–H groups in total. The molecule has 0 saturated heterocycles. The highest BCUT2D eigenvalue weighted by Gasteiger charge is 2.44. The minimum absolute atomic E-state index is 0.200. The van der Waals surface area contributed by atoms with Gasteiger partial charge in [-0.1, -0.05) is 6.92 Å². The molecule has 0 radical (unpaired) electrons. The molecule has 0 bridgehead atoms. The summed E-state index contributed by atoms with van der Waals surface area (Å²) in [4.78, 5) is 0. The minimum Gasteiger partial charge on any atom is -0.377 e. The van der Waals surface area contributed by atoms with Gasteiger partial charge in [-0.15, -0.1) is 0 Å². The largest absolute Gasteiger partial charge is 0.504 e. The lowest BCUT2D eigenvalue weighted by molar-refractivity contribution is 0.112. The standard InChI is InChI=1S/C9H24N2O3Si/c1-8(6-10)11-7-9(2)15(12-3,13-4)14-5/h8-9,11H,6-7,10H2,1-5H3. The normalized spacial score (nSPS) is 16.4. The predicted molar refractivity (Wildman–Crippen MR) is 62.7 cm³/mol. The van der Waals surface area contributed by atoms with Crippen LogP contribution in [-0.4, -0.2) is 49.3 Å². The average molecular weight is 236 g/mol. The van der Waals surface area contributed by atoms with E-state index in [-0.39, 0.29) is 5.54 Å². The highest BCUT2D eigenvalue weighted by atomic mass is 28.4. The maximum atomic E-state index is 5.52. The van der Waals surface area contributed by atoms with Gasteiger partial charge in [-0.3, -0.25) is 0 Å². The third-order valence-corrected chi connectivity index (χ3v) is 5.70. The van der Waals surface area contributed by atoms with Crippen molar-refractivity contribution in [3.63, 3.8) is 0 Å². The lowest BCUT2D eigenvalue weighted by Gasteiger charge is -2.30. The molecule has 0 fully saturated rings. The van der Waals surface area contributed by atoms with Crippen LogP contribution in [0.25, 0.3) is 0 Å². The van der Waals surface area contributed by atoms with Crippen LogP contribution in [0.3, 0.4) is 0 Å². The summed E-state index contributed by atoms with van der Waals surface area (Å²) in [6.07, 6.45) is 0. The molecule has 0 aromatic heterocycles. The molecule has 0 spiro atoms. The highest BCUT2D eigenvalue weighted by molar-refractivity contribution is 6.62. The molecular formula is C9H24N2O3Si. The first-order valence-corrected chi connectivity index (χ1v) is 6.95. The smallest absolute Gasteiger partial charge is 0.377 e. The van der Waals surface area contributed by atoms with Gasteiger partial charge < -0.3 is 24.3 Å². The Morgan fingerprint density at radius 1 is 1.13 bits per heavy atom. The van der Waals surface area contributed by atoms with Gasteiger partial charge >= 0.3 is 8.80 Å². The van der Waals surface area contributed by atoms with Crippen LogP contribution in [-0.2, 0) is 13.3 Å². The molecule has 0 aliphatic heterocycles. The average Bonchev–Trinajstić information content (AvgIpc) is 2.28. The third-order valence-electron chi connectivity index (χ3n) is 2.58. The summed E-state index contributed by atoms with van der Waals surface area (Å²) in [7, 11) is 2.38. The van der Waals surface area contributed by atoms with E-state index in [0.717, 1.165) is 6.54 Å². The van der Waals surface area contributed by atoms with Gasteiger partial charge in [0.2, 0.25) is 0 Å². The Kier molecular flexibility index (Phi) is 7.32. The van der Waals surface area contributed by atoms with Crippen LogP contribution < -0.4 is 11.1 Å². The first kappa shape index (κ1) is 15.0. The number of nitrogens with one attached hydrogen (secondary N) is 1. The molecule has 6 heteroatoms. The van der Waals surface area contributed by atoms with E-state index in [1.54, 1.807) is 21.3 Å². The molecule has 0 aromatic carbocycles. The van der Waals surface area contributed by atoms with Crippen LogP contribution in [0.4, 0.5) is 0 Å². The van der Waals surface area contributed by atoms with Gasteiger partial charge in [0, 0.05) is 46.0 Å². The van der Waals surface area contributed by atoms with Crippen LogP contribution in [0.1, 0.15) is 13.8 Å². The van der Waals surface area contributed by atoms with Crippen molar-refractivity contribution in [1.82, 2.24) is 5.32 Å². The van der Waals surface area contributed by atoms with Gasteiger partial charge in [-0.25, -0.2) is 0 Å². The molecule has 0 heterocycles. The van der Waals surface area contributed by atoms with E-state index >= 15 is 0 Å². The van der Waals surface area contributed by atoms with Crippen molar-refractivity contribution in [2.24, 2.45) is 5.73 Å². The number of rotatable bonds is 8. The van der Waals surface area contributed by atoms with Crippen LogP contribution in [0.15, 0.2) is 0 Å². The van der Waals surface area contributed by atoms with E-state index in [0.29, 0.717) is 12.6 Å². The zero-order valence-electron chi connectivity index (χ0n) is 10.4. The van der Waals surface area contributed by atoms with E-state index in [1.165, 1.54) is 0 Å². The van der Waals surface area contributed by atoms with Gasteiger partial charge in [0.25, 0.3) is 0 Å². The van der Waals surface area contributed by atoms with E-state index < -0.39 is 8.80 Å². The zero-order chi connectivity index (χ0) is 11.9. The van der Waals surface area contributed by atoms with Crippen LogP contribution in [0.2, 0.25) is 5.54 Å². The van der Waals surface area contributed by atoms with Crippen LogP contribution >= 0.6 is 0 Å². The Morgan fingerprint density at radius 2 is 1.60 bits per heavy atom. The number of hydrogen-bond donors (Lipinski definition) is 2. The molecule has 2 atom stereocenters. The molecule has 0 aromatic rings. The molecule has 92 valence electrons. The van der Waals surface area contributed by atoms with Crippen molar-refractivity contribution in [1.29, 1.82) is 0 Å². The topological polar surface area (TPSA) is 65.7 Å². The summed E-state index contributed by atoms with van der Waals surface area (Å²) in [5, 5.41) is 3.31. The maximum absolute atomic E-state index is 5.52. The SMILES string of the molecule is CO[Si](OC)(OC)C(C)CNC(C)CN. The Labute approximate surface area is 93.6 Å². The van der Waals surface area contributed by atoms with Gasteiger partial charge in [0.05, 0.1) is 0 Å². The van der Waals surface area contributed by atoms with Crippen molar-refractivity contribution in [3.8, 4) is 0 Å². The fourth-order valence-electron chi connectivity index (χ4n) is 1.44. The molecule has 0 aliphatic rings. The molecule has 0 saturated carbocycles. The van der Waals surface area contributed by atoms with Gasteiger partial charge in [0.15, 0.2) is 0 Å². The Balaban J connectivity index is 4.20. The van der Waals surface area contributed by atoms with Gasteiger partial charge in [-0.2, -0.15) is 0 Å². The lowest BCUT2D eigenvalue weighted by atomic mass is 10.3. The number of hydrogen-bond acceptors (Lipinski definition) is 5. The summed E-state index contributed by atoms with van der Waals surface area (Å²) in [5.74, 6) is 0. The van der Waals surface area contributed by atoms with Crippen molar-refractivity contribution >= 4 is 8.80 Å². The molecule has 0 amide bonds. The monoisotopic (exact) mass is 236 g/mol. The minimum atomic E-state index is -2.50. The van der Waals surface area contributed by atoms with E-state index in [9.17, 15) is 0 Å². The van der Waals surface area contributed by atoms with Crippen molar-refractivity contribution < 1.29 is 13.3 Å². The second-order valence-corrected chi connectivity index (χ2v) is 7.08. The van der Waals surface area contributed by atoms with E-state index in [4.69, 9.17) is 19.0 Å². The fraction of sp³-hybridized carbons (Fsp3) is 1.00. The first-order chi connectivity index (χ1) is 7.06. The third kappa shape index (κ3) is 4.18. The highest BCUT2D eigenvalue weighted by Crippen LogP contribution is 2.22. The number of nitrogens with two attached hydrogens (primary N) is 1. The summed E-state index contributed by atoms with van der Waals surface area (Å²) >= 11 is 0. The predicted octanol–water partition coefficient (Wildman–Crippen LogP) is 0.191. The van der Waals surface area contributed by atoms with Crippen LogP contribution in [0, 0.1) is 0 Å². The Hall–Kier alpha value is 0.0169.